The number of likely N-dealkylation sites (tertiary alicyclic amines) is 1. The van der Waals surface area contributed by atoms with Crippen molar-refractivity contribution >= 4 is 11.9 Å². The standard InChI is InChI=1S/C14H27N3O2/c1-3-5-6-13(18)16-12-7-10-17(11-8-12)14(19)15-9-4-2/h12H,3-11H2,1-2H3,(H,15,19)(H,16,18). The molecule has 0 spiro atoms. The Labute approximate surface area is 116 Å². The predicted molar refractivity (Wildman–Crippen MR) is 76.0 cm³/mol. The van der Waals surface area contributed by atoms with Crippen molar-refractivity contribution in [2.45, 2.75) is 58.4 Å². The van der Waals surface area contributed by atoms with E-state index in [2.05, 4.69) is 17.6 Å². The van der Waals surface area contributed by atoms with Gasteiger partial charge >= 0.3 is 6.03 Å². The largest absolute Gasteiger partial charge is 0.353 e. The van der Waals surface area contributed by atoms with Crippen LogP contribution in [-0.4, -0.2) is 42.5 Å². The summed E-state index contributed by atoms with van der Waals surface area (Å²) in [6.07, 6.45) is 5.28. The molecule has 0 saturated carbocycles. The minimum Gasteiger partial charge on any atom is -0.353 e. The molecule has 0 aliphatic carbocycles. The molecule has 2 N–H and O–H groups in total. The third kappa shape index (κ3) is 5.94. The van der Waals surface area contributed by atoms with E-state index in [-0.39, 0.29) is 18.0 Å². The fraction of sp³-hybridized carbons (Fsp3) is 0.857. The van der Waals surface area contributed by atoms with Gasteiger partial charge in [-0.05, 0) is 25.7 Å². The second-order valence-corrected chi connectivity index (χ2v) is 5.16. The van der Waals surface area contributed by atoms with E-state index in [1.165, 1.54) is 0 Å². The van der Waals surface area contributed by atoms with Crippen molar-refractivity contribution in [1.29, 1.82) is 0 Å². The normalized spacial score (nSPS) is 16.2. The second-order valence-electron chi connectivity index (χ2n) is 5.16. The van der Waals surface area contributed by atoms with Crippen LogP contribution < -0.4 is 10.6 Å². The summed E-state index contributed by atoms with van der Waals surface area (Å²) in [5.74, 6) is 0.149. The van der Waals surface area contributed by atoms with Crippen LogP contribution in [0.25, 0.3) is 0 Å². The van der Waals surface area contributed by atoms with Crippen molar-refractivity contribution in [3.05, 3.63) is 0 Å². The maximum Gasteiger partial charge on any atom is 0.317 e. The van der Waals surface area contributed by atoms with Crippen LogP contribution in [0.2, 0.25) is 0 Å². The van der Waals surface area contributed by atoms with Crippen molar-refractivity contribution in [2.24, 2.45) is 0 Å². The Morgan fingerprint density at radius 2 is 1.84 bits per heavy atom. The molecule has 5 heteroatoms. The zero-order valence-electron chi connectivity index (χ0n) is 12.2. The van der Waals surface area contributed by atoms with E-state index in [0.717, 1.165) is 51.7 Å². The first kappa shape index (κ1) is 15.8. The van der Waals surface area contributed by atoms with E-state index in [0.29, 0.717) is 6.42 Å². The molecule has 0 bridgehead atoms. The Kier molecular flexibility index (Phi) is 7.30. The van der Waals surface area contributed by atoms with Crippen LogP contribution in [0.1, 0.15) is 52.4 Å². The highest BCUT2D eigenvalue weighted by Gasteiger charge is 2.23. The number of hydrogen-bond donors (Lipinski definition) is 2. The highest BCUT2D eigenvalue weighted by Crippen LogP contribution is 2.11. The fourth-order valence-corrected chi connectivity index (χ4v) is 2.21. The molecule has 1 heterocycles. The third-order valence-electron chi connectivity index (χ3n) is 3.43. The molecule has 1 aliphatic heterocycles. The average Bonchev–Trinajstić information content (AvgIpc) is 2.43. The minimum atomic E-state index is 0.0256. The molecule has 1 saturated heterocycles. The molecule has 0 aromatic heterocycles. The molecular weight excluding hydrogens is 242 g/mol. The molecule has 1 aliphatic rings. The van der Waals surface area contributed by atoms with Crippen LogP contribution >= 0.6 is 0 Å². The zero-order valence-corrected chi connectivity index (χ0v) is 12.2. The Bertz CT molecular complexity index is 286. The number of carbonyl (C=O) groups excluding carboxylic acids is 2. The molecule has 1 rings (SSSR count). The highest BCUT2D eigenvalue weighted by molar-refractivity contribution is 5.76. The molecule has 19 heavy (non-hydrogen) atoms. The molecule has 3 amide bonds. The molecule has 0 aromatic carbocycles. The van der Waals surface area contributed by atoms with Crippen LogP contribution in [0.5, 0.6) is 0 Å². The molecule has 110 valence electrons. The summed E-state index contributed by atoms with van der Waals surface area (Å²) in [7, 11) is 0. The number of hydrogen-bond acceptors (Lipinski definition) is 2. The number of urea groups is 1. The van der Waals surface area contributed by atoms with E-state index < -0.39 is 0 Å². The van der Waals surface area contributed by atoms with Gasteiger partial charge in [-0.1, -0.05) is 20.3 Å². The quantitative estimate of drug-likeness (QED) is 0.773. The Hall–Kier alpha value is -1.26. The van der Waals surface area contributed by atoms with Crippen LogP contribution in [0.4, 0.5) is 4.79 Å². The summed E-state index contributed by atoms with van der Waals surface area (Å²) in [5.41, 5.74) is 0. The van der Waals surface area contributed by atoms with Crippen molar-refractivity contribution in [3.63, 3.8) is 0 Å². The van der Waals surface area contributed by atoms with E-state index in [1.54, 1.807) is 0 Å². The van der Waals surface area contributed by atoms with Gasteiger partial charge in [-0.2, -0.15) is 0 Å². The summed E-state index contributed by atoms with van der Waals surface area (Å²) >= 11 is 0. The monoisotopic (exact) mass is 269 g/mol. The first-order chi connectivity index (χ1) is 9.17. The van der Waals surface area contributed by atoms with Crippen LogP contribution in [0.3, 0.4) is 0 Å². The van der Waals surface area contributed by atoms with Gasteiger partial charge in [0.05, 0.1) is 0 Å². The van der Waals surface area contributed by atoms with Crippen LogP contribution in [-0.2, 0) is 4.79 Å². The molecule has 0 atom stereocenters. The summed E-state index contributed by atoms with van der Waals surface area (Å²) in [6, 6.07) is 0.261. The lowest BCUT2D eigenvalue weighted by Crippen LogP contribution is -2.49. The lowest BCUT2D eigenvalue weighted by molar-refractivity contribution is -0.122. The van der Waals surface area contributed by atoms with Gasteiger partial charge in [-0.3, -0.25) is 4.79 Å². The van der Waals surface area contributed by atoms with Gasteiger partial charge in [0.15, 0.2) is 0 Å². The molecule has 1 fully saturated rings. The van der Waals surface area contributed by atoms with Gasteiger partial charge < -0.3 is 15.5 Å². The number of amides is 3. The lowest BCUT2D eigenvalue weighted by atomic mass is 10.0. The van der Waals surface area contributed by atoms with Crippen LogP contribution in [0.15, 0.2) is 0 Å². The van der Waals surface area contributed by atoms with Crippen molar-refractivity contribution < 1.29 is 9.59 Å². The summed E-state index contributed by atoms with van der Waals surface area (Å²) in [5, 5.41) is 5.94. The van der Waals surface area contributed by atoms with Gasteiger partial charge in [-0.15, -0.1) is 0 Å². The number of unbranched alkanes of at least 4 members (excludes halogenated alkanes) is 1. The molecule has 0 radical (unpaired) electrons. The lowest BCUT2D eigenvalue weighted by Gasteiger charge is -2.32. The second kappa shape index (κ2) is 8.77. The van der Waals surface area contributed by atoms with Crippen LogP contribution in [0, 0.1) is 0 Å². The fourth-order valence-electron chi connectivity index (χ4n) is 2.21. The van der Waals surface area contributed by atoms with Gasteiger partial charge in [0.25, 0.3) is 0 Å². The number of piperidine rings is 1. The maximum atomic E-state index is 11.8. The van der Waals surface area contributed by atoms with Crippen molar-refractivity contribution in [1.82, 2.24) is 15.5 Å². The third-order valence-corrected chi connectivity index (χ3v) is 3.43. The van der Waals surface area contributed by atoms with Gasteiger partial charge in [0, 0.05) is 32.1 Å². The summed E-state index contributed by atoms with van der Waals surface area (Å²) < 4.78 is 0. The molecule has 0 unspecified atom stereocenters. The smallest absolute Gasteiger partial charge is 0.317 e. The first-order valence-electron chi connectivity index (χ1n) is 7.49. The van der Waals surface area contributed by atoms with Crippen molar-refractivity contribution in [3.8, 4) is 0 Å². The van der Waals surface area contributed by atoms with Gasteiger partial charge in [0.1, 0.15) is 0 Å². The number of nitrogens with one attached hydrogen (secondary N) is 2. The Morgan fingerprint density at radius 1 is 1.16 bits per heavy atom. The predicted octanol–water partition coefficient (Wildman–Crippen LogP) is 1.88. The van der Waals surface area contributed by atoms with Gasteiger partial charge in [0.2, 0.25) is 5.91 Å². The molecule has 0 aromatic rings. The summed E-state index contributed by atoms with van der Waals surface area (Å²) in [4.78, 5) is 25.2. The number of nitrogens with zero attached hydrogens (tertiary/aromatic N) is 1. The zero-order chi connectivity index (χ0) is 14.1. The van der Waals surface area contributed by atoms with E-state index >= 15 is 0 Å². The first-order valence-corrected chi connectivity index (χ1v) is 7.49. The van der Waals surface area contributed by atoms with Gasteiger partial charge in [-0.25, -0.2) is 4.79 Å². The highest BCUT2D eigenvalue weighted by atomic mass is 16.2. The molecule has 5 nitrogen and oxygen atoms in total. The van der Waals surface area contributed by atoms with E-state index in [4.69, 9.17) is 0 Å². The SMILES string of the molecule is CCCCC(=O)NC1CCN(C(=O)NCCC)CC1. The molecular formula is C14H27N3O2. The Morgan fingerprint density at radius 3 is 2.42 bits per heavy atom. The van der Waals surface area contributed by atoms with E-state index in [1.807, 2.05) is 11.8 Å². The topological polar surface area (TPSA) is 61.4 Å². The van der Waals surface area contributed by atoms with Crippen molar-refractivity contribution in [2.75, 3.05) is 19.6 Å². The Balaban J connectivity index is 2.21. The maximum absolute atomic E-state index is 11.8. The minimum absolute atomic E-state index is 0.0256. The number of carbonyl (C=O) groups is 2. The number of rotatable bonds is 6. The average molecular weight is 269 g/mol. The summed E-state index contributed by atoms with van der Waals surface area (Å²) in [6.45, 7) is 6.31. The van der Waals surface area contributed by atoms with E-state index in [9.17, 15) is 9.59 Å².